The lowest BCUT2D eigenvalue weighted by atomic mass is 9.94. The van der Waals surface area contributed by atoms with E-state index in [0.29, 0.717) is 24.8 Å². The Morgan fingerprint density at radius 1 is 1.19 bits per heavy atom. The molecular weight excluding hydrogens is 268 g/mol. The molecule has 0 aromatic rings. The number of nitrogens with zero attached hydrogens (tertiary/aromatic N) is 1. The summed E-state index contributed by atoms with van der Waals surface area (Å²) < 4.78 is 0. The van der Waals surface area contributed by atoms with Crippen LogP contribution in [0.3, 0.4) is 0 Å². The zero-order valence-electron chi connectivity index (χ0n) is 14.0. The minimum Gasteiger partial charge on any atom is -0.481 e. The second kappa shape index (κ2) is 11.4. The maximum absolute atomic E-state index is 11.9. The summed E-state index contributed by atoms with van der Waals surface area (Å²) in [7, 11) is 1.81. The van der Waals surface area contributed by atoms with E-state index < -0.39 is 5.97 Å². The molecule has 0 saturated carbocycles. The van der Waals surface area contributed by atoms with E-state index in [1.807, 2.05) is 7.05 Å². The van der Waals surface area contributed by atoms with Gasteiger partial charge in [-0.25, -0.2) is 4.79 Å². The molecule has 5 nitrogen and oxygen atoms in total. The van der Waals surface area contributed by atoms with Gasteiger partial charge in [-0.05, 0) is 24.7 Å². The molecule has 0 bridgehead atoms. The average Bonchev–Trinajstić information content (AvgIpc) is 2.44. The minimum atomic E-state index is -0.742. The topological polar surface area (TPSA) is 69.6 Å². The van der Waals surface area contributed by atoms with Gasteiger partial charge < -0.3 is 15.3 Å². The van der Waals surface area contributed by atoms with Crippen molar-refractivity contribution in [1.82, 2.24) is 10.2 Å². The van der Waals surface area contributed by atoms with E-state index in [0.717, 1.165) is 32.2 Å². The molecule has 0 spiro atoms. The minimum absolute atomic E-state index is 0.0382. The van der Waals surface area contributed by atoms with Crippen molar-refractivity contribution in [3.05, 3.63) is 0 Å². The summed E-state index contributed by atoms with van der Waals surface area (Å²) in [6.07, 6.45) is 4.89. The Kier molecular flexibility index (Phi) is 10.7. The number of carbonyl (C=O) groups is 2. The molecule has 0 aliphatic heterocycles. The fourth-order valence-corrected chi connectivity index (χ4v) is 2.37. The Morgan fingerprint density at radius 2 is 1.86 bits per heavy atom. The van der Waals surface area contributed by atoms with Gasteiger partial charge in [0.05, 0.1) is 0 Å². The highest BCUT2D eigenvalue weighted by Crippen LogP contribution is 2.17. The van der Waals surface area contributed by atoms with Crippen molar-refractivity contribution in [2.45, 2.75) is 59.3 Å². The second-order valence-corrected chi connectivity index (χ2v) is 6.00. The Bertz CT molecular complexity index is 308. The molecule has 0 aliphatic carbocycles. The molecule has 5 heteroatoms. The van der Waals surface area contributed by atoms with Gasteiger partial charge in [0.25, 0.3) is 0 Å². The molecule has 0 aromatic heterocycles. The fraction of sp³-hybridized carbons (Fsp3) is 0.875. The predicted molar refractivity (Wildman–Crippen MR) is 85.4 cm³/mol. The molecule has 124 valence electrons. The monoisotopic (exact) mass is 300 g/mol. The zero-order chi connectivity index (χ0) is 16.3. The molecule has 0 radical (unpaired) electrons. The number of nitrogens with one attached hydrogen (secondary N) is 1. The van der Waals surface area contributed by atoms with E-state index in [4.69, 9.17) is 5.11 Å². The van der Waals surface area contributed by atoms with E-state index in [1.165, 1.54) is 0 Å². The van der Waals surface area contributed by atoms with Crippen LogP contribution < -0.4 is 5.32 Å². The number of amides is 2. The van der Waals surface area contributed by atoms with Gasteiger partial charge in [0.1, 0.15) is 0 Å². The lowest BCUT2D eigenvalue weighted by molar-refractivity contribution is -0.137. The Hall–Kier alpha value is -1.26. The molecule has 2 unspecified atom stereocenters. The van der Waals surface area contributed by atoms with Crippen LogP contribution in [0.2, 0.25) is 0 Å². The molecule has 0 aromatic carbocycles. The van der Waals surface area contributed by atoms with Gasteiger partial charge >= 0.3 is 12.0 Å². The van der Waals surface area contributed by atoms with Gasteiger partial charge in [0.2, 0.25) is 0 Å². The quantitative estimate of drug-likeness (QED) is 0.615. The highest BCUT2D eigenvalue weighted by atomic mass is 16.4. The largest absolute Gasteiger partial charge is 0.481 e. The van der Waals surface area contributed by atoms with Crippen LogP contribution in [0.1, 0.15) is 59.3 Å². The standard InChI is InChI=1S/C16H32N2O3/c1-5-7-14(8-9-15(19)20)10-11-17-16(21)18(4)12-13(3)6-2/h13-14H,5-12H2,1-4H3,(H,17,21)(H,19,20). The molecule has 0 aliphatic rings. The lowest BCUT2D eigenvalue weighted by Gasteiger charge is -2.22. The lowest BCUT2D eigenvalue weighted by Crippen LogP contribution is -2.40. The number of aliphatic carboxylic acids is 1. The first kappa shape index (κ1) is 19.7. The summed E-state index contributed by atoms with van der Waals surface area (Å²) >= 11 is 0. The third-order valence-electron chi connectivity index (χ3n) is 3.92. The molecule has 2 N–H and O–H groups in total. The number of carboxylic acids is 1. The molecule has 0 heterocycles. The highest BCUT2D eigenvalue weighted by molar-refractivity contribution is 5.73. The van der Waals surface area contributed by atoms with Crippen LogP contribution in [0.25, 0.3) is 0 Å². The Labute approximate surface area is 129 Å². The summed E-state index contributed by atoms with van der Waals surface area (Å²) in [5.74, 6) is 0.142. The third-order valence-corrected chi connectivity index (χ3v) is 3.92. The average molecular weight is 300 g/mol. The van der Waals surface area contributed by atoms with Crippen LogP contribution in [0, 0.1) is 11.8 Å². The normalized spacial score (nSPS) is 13.5. The first-order valence-corrected chi connectivity index (χ1v) is 8.11. The van der Waals surface area contributed by atoms with Crippen molar-refractivity contribution < 1.29 is 14.7 Å². The van der Waals surface area contributed by atoms with Crippen molar-refractivity contribution >= 4 is 12.0 Å². The van der Waals surface area contributed by atoms with E-state index in [-0.39, 0.29) is 12.5 Å². The molecule has 0 saturated heterocycles. The van der Waals surface area contributed by atoms with Crippen LogP contribution in [-0.4, -0.2) is 42.1 Å². The smallest absolute Gasteiger partial charge is 0.317 e. The first-order valence-electron chi connectivity index (χ1n) is 8.11. The van der Waals surface area contributed by atoms with Crippen LogP contribution >= 0.6 is 0 Å². The second-order valence-electron chi connectivity index (χ2n) is 6.00. The van der Waals surface area contributed by atoms with Gasteiger partial charge in [-0.15, -0.1) is 0 Å². The SMILES string of the molecule is CCCC(CCNC(=O)N(C)CC(C)CC)CCC(=O)O. The molecule has 2 atom stereocenters. The van der Waals surface area contributed by atoms with Gasteiger partial charge in [0.15, 0.2) is 0 Å². The van der Waals surface area contributed by atoms with Gasteiger partial charge in [-0.3, -0.25) is 4.79 Å². The van der Waals surface area contributed by atoms with Gasteiger partial charge in [0, 0.05) is 26.6 Å². The predicted octanol–water partition coefficient (Wildman–Crippen LogP) is 3.35. The maximum atomic E-state index is 11.9. The van der Waals surface area contributed by atoms with Crippen molar-refractivity contribution in [3.8, 4) is 0 Å². The Morgan fingerprint density at radius 3 is 2.38 bits per heavy atom. The molecule has 0 rings (SSSR count). The number of carbonyl (C=O) groups excluding carboxylic acids is 1. The van der Waals surface area contributed by atoms with E-state index >= 15 is 0 Å². The third kappa shape index (κ3) is 10.2. The molecule has 21 heavy (non-hydrogen) atoms. The number of rotatable bonds is 11. The molecular formula is C16H32N2O3. The van der Waals surface area contributed by atoms with Crippen LogP contribution in [-0.2, 0) is 4.79 Å². The molecule has 2 amide bonds. The Balaban J connectivity index is 4.00. The number of urea groups is 1. The van der Waals surface area contributed by atoms with Crippen molar-refractivity contribution in [1.29, 1.82) is 0 Å². The highest BCUT2D eigenvalue weighted by Gasteiger charge is 2.13. The van der Waals surface area contributed by atoms with Crippen molar-refractivity contribution in [3.63, 3.8) is 0 Å². The fourth-order valence-electron chi connectivity index (χ4n) is 2.37. The zero-order valence-corrected chi connectivity index (χ0v) is 14.0. The summed E-state index contributed by atoms with van der Waals surface area (Å²) in [5.41, 5.74) is 0. The summed E-state index contributed by atoms with van der Waals surface area (Å²) in [6.45, 7) is 7.74. The number of hydrogen-bond acceptors (Lipinski definition) is 2. The number of carboxylic acid groups (broad SMARTS) is 1. The van der Waals surface area contributed by atoms with E-state index in [1.54, 1.807) is 4.90 Å². The van der Waals surface area contributed by atoms with Crippen molar-refractivity contribution in [2.75, 3.05) is 20.1 Å². The summed E-state index contributed by atoms with van der Waals surface area (Å²) in [5, 5.41) is 11.7. The van der Waals surface area contributed by atoms with Gasteiger partial charge in [-0.2, -0.15) is 0 Å². The van der Waals surface area contributed by atoms with Crippen LogP contribution in [0.4, 0.5) is 4.79 Å². The molecule has 0 fully saturated rings. The van der Waals surface area contributed by atoms with Crippen molar-refractivity contribution in [2.24, 2.45) is 11.8 Å². The van der Waals surface area contributed by atoms with E-state index in [9.17, 15) is 9.59 Å². The van der Waals surface area contributed by atoms with E-state index in [2.05, 4.69) is 26.1 Å². The van der Waals surface area contributed by atoms with Gasteiger partial charge in [-0.1, -0.05) is 40.0 Å². The number of hydrogen-bond donors (Lipinski definition) is 2. The van der Waals surface area contributed by atoms with Crippen LogP contribution in [0.15, 0.2) is 0 Å². The maximum Gasteiger partial charge on any atom is 0.317 e. The summed E-state index contributed by atoms with van der Waals surface area (Å²) in [4.78, 5) is 24.3. The first-order chi connectivity index (χ1) is 9.90. The van der Waals surface area contributed by atoms with Crippen LogP contribution in [0.5, 0.6) is 0 Å². The summed E-state index contributed by atoms with van der Waals surface area (Å²) in [6, 6.07) is -0.0382.